The number of Topliss-reactive ketones (excluding diaryl/α,β-unsaturated/α-hetero) is 1. The first kappa shape index (κ1) is 26.4. The highest BCUT2D eigenvalue weighted by atomic mass is 32.2. The van der Waals surface area contributed by atoms with Gasteiger partial charge in [0, 0.05) is 24.8 Å². The summed E-state index contributed by atoms with van der Waals surface area (Å²) in [6, 6.07) is 3.19. The normalized spacial score (nSPS) is 11.6. The van der Waals surface area contributed by atoms with Crippen molar-refractivity contribution in [2.45, 2.75) is 51.5 Å². The molecule has 0 N–H and O–H groups in total. The van der Waals surface area contributed by atoms with E-state index in [1.54, 1.807) is 13.8 Å². The van der Waals surface area contributed by atoms with Gasteiger partial charge < -0.3 is 13.7 Å². The summed E-state index contributed by atoms with van der Waals surface area (Å²) in [6.45, 7) is 3.50. The Labute approximate surface area is 177 Å². The van der Waals surface area contributed by atoms with Crippen LogP contribution in [0, 0.1) is 0 Å². The molecule has 0 heterocycles. The van der Waals surface area contributed by atoms with E-state index in [1.807, 2.05) is 0 Å². The fourth-order valence-corrected chi connectivity index (χ4v) is 2.93. The number of benzene rings is 1. The van der Waals surface area contributed by atoms with Crippen molar-refractivity contribution in [3.05, 3.63) is 29.3 Å². The SMILES string of the molecule is CCOC(=O)CCCC(=O)c1ccc(OS(=O)(=O)C(F)(F)F)c(CCC(=O)OCC)c1. The smallest absolute Gasteiger partial charge is 0.466 e. The molecule has 0 aromatic heterocycles. The number of hydrogen-bond acceptors (Lipinski definition) is 8. The summed E-state index contributed by atoms with van der Waals surface area (Å²) in [5, 5.41) is 0. The molecule has 0 bridgehead atoms. The van der Waals surface area contributed by atoms with Gasteiger partial charge in [-0.3, -0.25) is 14.4 Å². The molecule has 1 aromatic rings. The Balaban J connectivity index is 3.04. The van der Waals surface area contributed by atoms with E-state index in [2.05, 4.69) is 4.18 Å². The molecule has 0 aliphatic rings. The zero-order valence-electron chi connectivity index (χ0n) is 17.0. The number of carbonyl (C=O) groups is 3. The Morgan fingerprint density at radius 1 is 0.935 bits per heavy atom. The highest BCUT2D eigenvalue weighted by Crippen LogP contribution is 2.30. The van der Waals surface area contributed by atoms with Crippen LogP contribution in [0.25, 0.3) is 0 Å². The number of rotatable bonds is 12. The molecule has 174 valence electrons. The van der Waals surface area contributed by atoms with Crippen LogP contribution < -0.4 is 4.18 Å². The molecule has 0 aliphatic carbocycles. The highest BCUT2D eigenvalue weighted by Gasteiger charge is 2.48. The van der Waals surface area contributed by atoms with Crippen LogP contribution >= 0.6 is 0 Å². The summed E-state index contributed by atoms with van der Waals surface area (Å²) in [6.07, 6.45) is -0.323. The van der Waals surface area contributed by atoms with Crippen LogP contribution in [0.1, 0.15) is 55.5 Å². The number of halogens is 3. The lowest BCUT2D eigenvalue weighted by atomic mass is 10.00. The Morgan fingerprint density at radius 3 is 2.06 bits per heavy atom. The lowest BCUT2D eigenvalue weighted by Crippen LogP contribution is -2.28. The zero-order valence-corrected chi connectivity index (χ0v) is 17.8. The van der Waals surface area contributed by atoms with E-state index in [-0.39, 0.29) is 56.4 Å². The quantitative estimate of drug-likeness (QED) is 0.199. The van der Waals surface area contributed by atoms with Gasteiger partial charge in [-0.25, -0.2) is 0 Å². The molecule has 0 amide bonds. The summed E-state index contributed by atoms with van der Waals surface area (Å²) in [7, 11) is -5.94. The molecular weight excluding hydrogens is 445 g/mol. The number of alkyl halides is 3. The second kappa shape index (κ2) is 11.7. The summed E-state index contributed by atoms with van der Waals surface area (Å²) >= 11 is 0. The van der Waals surface area contributed by atoms with Crippen LogP contribution in [0.5, 0.6) is 5.75 Å². The van der Waals surface area contributed by atoms with Crippen molar-refractivity contribution in [1.82, 2.24) is 0 Å². The van der Waals surface area contributed by atoms with Crippen molar-refractivity contribution >= 4 is 27.8 Å². The molecule has 0 fully saturated rings. The summed E-state index contributed by atoms with van der Waals surface area (Å²) in [4.78, 5) is 35.3. The van der Waals surface area contributed by atoms with Gasteiger partial charge in [0.2, 0.25) is 0 Å². The molecule has 1 aromatic carbocycles. The van der Waals surface area contributed by atoms with Crippen molar-refractivity contribution in [2.75, 3.05) is 13.2 Å². The van der Waals surface area contributed by atoms with Gasteiger partial charge in [-0.1, -0.05) is 0 Å². The van der Waals surface area contributed by atoms with E-state index in [0.717, 1.165) is 18.2 Å². The summed E-state index contributed by atoms with van der Waals surface area (Å²) in [5.41, 5.74) is -5.66. The molecular formula is C19H23F3O8S. The maximum absolute atomic E-state index is 12.7. The third kappa shape index (κ3) is 8.56. The van der Waals surface area contributed by atoms with Crippen LogP contribution in [-0.2, 0) is 35.6 Å². The van der Waals surface area contributed by atoms with Gasteiger partial charge in [-0.2, -0.15) is 21.6 Å². The van der Waals surface area contributed by atoms with Crippen molar-refractivity contribution in [1.29, 1.82) is 0 Å². The first-order chi connectivity index (χ1) is 14.4. The van der Waals surface area contributed by atoms with Crippen molar-refractivity contribution in [3.8, 4) is 5.75 Å². The van der Waals surface area contributed by atoms with Crippen LogP contribution in [0.3, 0.4) is 0 Å². The molecule has 0 aliphatic heterocycles. The predicted molar refractivity (Wildman–Crippen MR) is 102 cm³/mol. The van der Waals surface area contributed by atoms with Gasteiger partial charge in [0.05, 0.1) is 13.2 Å². The zero-order chi connectivity index (χ0) is 23.7. The number of aryl methyl sites for hydroxylation is 1. The maximum atomic E-state index is 12.7. The Hall–Kier alpha value is -2.63. The maximum Gasteiger partial charge on any atom is 0.534 e. The third-order valence-electron chi connectivity index (χ3n) is 3.86. The molecule has 0 saturated heterocycles. The number of ketones is 1. The average Bonchev–Trinajstić information content (AvgIpc) is 2.66. The Kier molecular flexibility index (Phi) is 9.95. The highest BCUT2D eigenvalue weighted by molar-refractivity contribution is 7.88. The molecule has 8 nitrogen and oxygen atoms in total. The second-order valence-electron chi connectivity index (χ2n) is 6.19. The van der Waals surface area contributed by atoms with E-state index in [9.17, 15) is 36.0 Å². The lowest BCUT2D eigenvalue weighted by molar-refractivity contribution is -0.144. The molecule has 0 spiro atoms. The van der Waals surface area contributed by atoms with Gasteiger partial charge in [-0.15, -0.1) is 0 Å². The number of carbonyl (C=O) groups excluding carboxylic acids is 3. The van der Waals surface area contributed by atoms with Crippen LogP contribution in [0.15, 0.2) is 18.2 Å². The Bertz CT molecular complexity index is 894. The average molecular weight is 468 g/mol. The van der Waals surface area contributed by atoms with Crippen LogP contribution in [-0.4, -0.2) is 44.9 Å². The van der Waals surface area contributed by atoms with Crippen molar-refractivity contribution in [3.63, 3.8) is 0 Å². The largest absolute Gasteiger partial charge is 0.534 e. The fraction of sp³-hybridized carbons (Fsp3) is 0.526. The summed E-state index contributed by atoms with van der Waals surface area (Å²) in [5.74, 6) is -2.19. The van der Waals surface area contributed by atoms with Crippen molar-refractivity contribution in [2.24, 2.45) is 0 Å². The molecule has 0 radical (unpaired) electrons. The standard InChI is InChI=1S/C19H23F3O8S/c1-3-28-17(24)7-5-6-15(23)13-8-10-16(30-31(26,27)19(20,21)22)14(12-13)9-11-18(25)29-4-2/h8,10,12H,3-7,9,11H2,1-2H3. The number of esters is 2. The fourth-order valence-electron chi connectivity index (χ4n) is 2.44. The van der Waals surface area contributed by atoms with Gasteiger partial charge in [0.25, 0.3) is 0 Å². The van der Waals surface area contributed by atoms with Crippen LogP contribution in [0.2, 0.25) is 0 Å². The molecule has 0 atom stereocenters. The molecule has 31 heavy (non-hydrogen) atoms. The van der Waals surface area contributed by atoms with Gasteiger partial charge in [0.15, 0.2) is 5.78 Å². The molecule has 0 saturated carbocycles. The topological polar surface area (TPSA) is 113 Å². The van der Waals surface area contributed by atoms with E-state index in [4.69, 9.17) is 9.47 Å². The van der Waals surface area contributed by atoms with Gasteiger partial charge >= 0.3 is 27.6 Å². The van der Waals surface area contributed by atoms with Gasteiger partial charge in [0.1, 0.15) is 5.75 Å². The second-order valence-corrected chi connectivity index (χ2v) is 7.73. The van der Waals surface area contributed by atoms with E-state index in [1.165, 1.54) is 0 Å². The molecule has 0 unspecified atom stereocenters. The minimum atomic E-state index is -5.94. The van der Waals surface area contributed by atoms with Crippen LogP contribution in [0.4, 0.5) is 13.2 Å². The van der Waals surface area contributed by atoms with E-state index < -0.39 is 39.1 Å². The van der Waals surface area contributed by atoms with Crippen molar-refractivity contribution < 1.29 is 49.6 Å². The number of hydrogen-bond donors (Lipinski definition) is 0. The molecule has 12 heteroatoms. The lowest BCUT2D eigenvalue weighted by Gasteiger charge is -2.14. The Morgan fingerprint density at radius 2 is 1.52 bits per heavy atom. The predicted octanol–water partition coefficient (Wildman–Crippen LogP) is 3.33. The third-order valence-corrected chi connectivity index (χ3v) is 4.83. The minimum Gasteiger partial charge on any atom is -0.466 e. The summed E-state index contributed by atoms with van der Waals surface area (Å²) < 4.78 is 74.3. The minimum absolute atomic E-state index is 0.0142. The first-order valence-corrected chi connectivity index (χ1v) is 10.8. The van der Waals surface area contributed by atoms with Gasteiger partial charge in [-0.05, 0) is 50.5 Å². The van der Waals surface area contributed by atoms with E-state index >= 15 is 0 Å². The monoisotopic (exact) mass is 468 g/mol. The molecule has 1 rings (SSSR count). The first-order valence-electron chi connectivity index (χ1n) is 9.39. The van der Waals surface area contributed by atoms with E-state index in [0.29, 0.717) is 0 Å². The number of ether oxygens (including phenoxy) is 2.